The van der Waals surface area contributed by atoms with E-state index < -0.39 is 5.97 Å². The van der Waals surface area contributed by atoms with Crippen LogP contribution in [-0.2, 0) is 4.79 Å². The van der Waals surface area contributed by atoms with Crippen LogP contribution in [0.4, 0.5) is 0 Å². The van der Waals surface area contributed by atoms with E-state index in [1.165, 1.54) is 0 Å². The average molecular weight is 217 g/mol. The maximum atomic E-state index is 11.0. The van der Waals surface area contributed by atoms with E-state index in [-0.39, 0.29) is 5.92 Å². The Morgan fingerprint density at radius 1 is 1.64 bits per heavy atom. The van der Waals surface area contributed by atoms with Crippen molar-refractivity contribution in [2.24, 2.45) is 11.8 Å². The fourth-order valence-electron chi connectivity index (χ4n) is 1.93. The molecule has 1 rings (SSSR count). The van der Waals surface area contributed by atoms with Crippen molar-refractivity contribution in [1.29, 1.82) is 0 Å². The maximum Gasteiger partial charge on any atom is 0.308 e. The fourth-order valence-corrected chi connectivity index (χ4v) is 2.68. The number of hydrogen-bond acceptors (Lipinski definition) is 3. The summed E-state index contributed by atoms with van der Waals surface area (Å²) in [6.45, 7) is 3.77. The van der Waals surface area contributed by atoms with Gasteiger partial charge in [-0.1, -0.05) is 6.92 Å². The molecule has 2 atom stereocenters. The van der Waals surface area contributed by atoms with Gasteiger partial charge in [-0.25, -0.2) is 0 Å². The van der Waals surface area contributed by atoms with Crippen molar-refractivity contribution < 1.29 is 9.90 Å². The average Bonchev–Trinajstić information content (AvgIpc) is 2.19. The van der Waals surface area contributed by atoms with Crippen LogP contribution in [0.2, 0.25) is 0 Å². The third-order valence-electron chi connectivity index (χ3n) is 2.78. The maximum absolute atomic E-state index is 11.0. The molecule has 0 amide bonds. The lowest BCUT2D eigenvalue weighted by Gasteiger charge is -2.29. The molecule has 3 nitrogen and oxygen atoms in total. The molecular weight excluding hydrogens is 198 g/mol. The van der Waals surface area contributed by atoms with Crippen molar-refractivity contribution in [3.8, 4) is 0 Å². The molecule has 0 bridgehead atoms. The van der Waals surface area contributed by atoms with Gasteiger partial charge in [0.05, 0.1) is 5.92 Å². The number of nitrogens with one attached hydrogen (secondary N) is 1. The normalized spacial score (nSPS) is 27.5. The van der Waals surface area contributed by atoms with E-state index in [1.807, 2.05) is 11.8 Å². The summed E-state index contributed by atoms with van der Waals surface area (Å²) in [7, 11) is 0. The van der Waals surface area contributed by atoms with Gasteiger partial charge in [-0.15, -0.1) is 0 Å². The van der Waals surface area contributed by atoms with Gasteiger partial charge in [0.1, 0.15) is 0 Å². The molecule has 82 valence electrons. The second kappa shape index (κ2) is 6.30. The van der Waals surface area contributed by atoms with Crippen molar-refractivity contribution in [2.45, 2.75) is 19.8 Å². The number of hydrogen-bond donors (Lipinski definition) is 2. The lowest BCUT2D eigenvalue weighted by molar-refractivity contribution is -0.144. The molecule has 0 aromatic rings. The standard InChI is InChI=1S/C10H19NO2S/c1-2-14-6-4-8-3-5-11-7-9(8)10(12)13/h8-9,11H,2-7H2,1H3,(H,12,13)/t8?,9-/m1/s1. The van der Waals surface area contributed by atoms with Crippen molar-refractivity contribution in [1.82, 2.24) is 5.32 Å². The first kappa shape index (κ1) is 11.9. The number of rotatable bonds is 5. The van der Waals surface area contributed by atoms with Crippen molar-refractivity contribution in [2.75, 3.05) is 24.6 Å². The Morgan fingerprint density at radius 3 is 3.07 bits per heavy atom. The number of carbonyl (C=O) groups is 1. The third kappa shape index (κ3) is 3.50. The molecule has 1 unspecified atom stereocenters. The summed E-state index contributed by atoms with van der Waals surface area (Å²) in [5.41, 5.74) is 0. The van der Waals surface area contributed by atoms with Crippen molar-refractivity contribution >= 4 is 17.7 Å². The predicted molar refractivity (Wildman–Crippen MR) is 59.7 cm³/mol. The summed E-state index contributed by atoms with van der Waals surface area (Å²) in [6, 6.07) is 0. The molecule has 0 aromatic carbocycles. The van der Waals surface area contributed by atoms with E-state index in [0.717, 1.165) is 30.9 Å². The highest BCUT2D eigenvalue weighted by molar-refractivity contribution is 7.99. The van der Waals surface area contributed by atoms with Crippen LogP contribution in [0.5, 0.6) is 0 Å². The minimum absolute atomic E-state index is 0.166. The summed E-state index contributed by atoms with van der Waals surface area (Å²) >= 11 is 1.90. The summed E-state index contributed by atoms with van der Waals surface area (Å²) in [5, 5.41) is 12.2. The Morgan fingerprint density at radius 2 is 2.43 bits per heavy atom. The van der Waals surface area contributed by atoms with Crippen LogP contribution in [-0.4, -0.2) is 35.7 Å². The Hall–Kier alpha value is -0.220. The molecule has 2 N–H and O–H groups in total. The monoisotopic (exact) mass is 217 g/mol. The van der Waals surface area contributed by atoms with Crippen molar-refractivity contribution in [3.05, 3.63) is 0 Å². The zero-order chi connectivity index (χ0) is 10.4. The molecule has 0 aromatic heterocycles. The van der Waals surface area contributed by atoms with Gasteiger partial charge < -0.3 is 10.4 Å². The zero-order valence-corrected chi connectivity index (χ0v) is 9.48. The number of carboxylic acid groups (broad SMARTS) is 1. The van der Waals surface area contributed by atoms with E-state index in [1.54, 1.807) is 0 Å². The molecular formula is C10H19NO2S. The number of piperidine rings is 1. The first-order valence-corrected chi connectivity index (χ1v) is 6.42. The molecule has 0 aliphatic carbocycles. The van der Waals surface area contributed by atoms with E-state index in [0.29, 0.717) is 12.5 Å². The van der Waals surface area contributed by atoms with E-state index in [9.17, 15) is 4.79 Å². The Bertz CT molecular complexity index is 187. The molecule has 1 aliphatic heterocycles. The molecule has 0 radical (unpaired) electrons. The molecule has 4 heteroatoms. The minimum Gasteiger partial charge on any atom is -0.481 e. The van der Waals surface area contributed by atoms with Crippen LogP contribution in [0.3, 0.4) is 0 Å². The van der Waals surface area contributed by atoms with Gasteiger partial charge in [0.2, 0.25) is 0 Å². The lowest BCUT2D eigenvalue weighted by atomic mass is 9.84. The second-order valence-corrected chi connectivity index (χ2v) is 5.08. The second-order valence-electron chi connectivity index (χ2n) is 3.68. The molecule has 1 aliphatic rings. The zero-order valence-electron chi connectivity index (χ0n) is 8.66. The first-order chi connectivity index (χ1) is 6.75. The van der Waals surface area contributed by atoms with Crippen molar-refractivity contribution in [3.63, 3.8) is 0 Å². The smallest absolute Gasteiger partial charge is 0.308 e. The number of aliphatic carboxylic acids is 1. The van der Waals surface area contributed by atoms with Crippen LogP contribution < -0.4 is 5.32 Å². The van der Waals surface area contributed by atoms with Gasteiger partial charge in [-0.2, -0.15) is 11.8 Å². The predicted octanol–water partition coefficient (Wildman–Crippen LogP) is 1.44. The largest absolute Gasteiger partial charge is 0.481 e. The van der Waals surface area contributed by atoms with Gasteiger partial charge in [-0.3, -0.25) is 4.79 Å². The third-order valence-corrected chi connectivity index (χ3v) is 3.71. The summed E-state index contributed by atoms with van der Waals surface area (Å²) in [6.07, 6.45) is 2.07. The van der Waals surface area contributed by atoms with Crippen LogP contribution in [0.1, 0.15) is 19.8 Å². The summed E-state index contributed by atoms with van der Waals surface area (Å²) < 4.78 is 0. The topological polar surface area (TPSA) is 49.3 Å². The molecule has 1 fully saturated rings. The molecule has 14 heavy (non-hydrogen) atoms. The number of thioether (sulfide) groups is 1. The van der Waals surface area contributed by atoms with Gasteiger partial charge in [-0.05, 0) is 36.8 Å². The Balaban J connectivity index is 2.34. The highest BCUT2D eigenvalue weighted by Gasteiger charge is 2.29. The molecule has 1 saturated heterocycles. The van der Waals surface area contributed by atoms with Gasteiger partial charge in [0.25, 0.3) is 0 Å². The van der Waals surface area contributed by atoms with Crippen LogP contribution in [0.25, 0.3) is 0 Å². The minimum atomic E-state index is -0.635. The van der Waals surface area contributed by atoms with Gasteiger partial charge >= 0.3 is 5.97 Å². The molecule has 0 saturated carbocycles. The van der Waals surface area contributed by atoms with Gasteiger partial charge in [0, 0.05) is 6.54 Å². The van der Waals surface area contributed by atoms with Gasteiger partial charge in [0.15, 0.2) is 0 Å². The van der Waals surface area contributed by atoms with Crippen LogP contribution in [0.15, 0.2) is 0 Å². The fraction of sp³-hybridized carbons (Fsp3) is 0.900. The first-order valence-electron chi connectivity index (χ1n) is 5.27. The highest BCUT2D eigenvalue weighted by atomic mass is 32.2. The van der Waals surface area contributed by atoms with Crippen LogP contribution in [0, 0.1) is 11.8 Å². The Labute approximate surface area is 89.6 Å². The van der Waals surface area contributed by atoms with E-state index in [4.69, 9.17) is 5.11 Å². The Kier molecular flexibility index (Phi) is 5.33. The molecule has 1 heterocycles. The van der Waals surface area contributed by atoms with E-state index in [2.05, 4.69) is 12.2 Å². The summed E-state index contributed by atoms with van der Waals surface area (Å²) in [4.78, 5) is 11.0. The highest BCUT2D eigenvalue weighted by Crippen LogP contribution is 2.24. The SMILES string of the molecule is CCSCCC1CCNC[C@H]1C(=O)O. The van der Waals surface area contributed by atoms with E-state index >= 15 is 0 Å². The lowest BCUT2D eigenvalue weighted by Crippen LogP contribution is -2.41. The van der Waals surface area contributed by atoms with Crippen LogP contribution >= 0.6 is 11.8 Å². The number of carboxylic acids is 1. The molecule has 0 spiro atoms. The summed E-state index contributed by atoms with van der Waals surface area (Å²) in [5.74, 6) is 1.81. The quantitative estimate of drug-likeness (QED) is 0.684.